The first-order valence-corrected chi connectivity index (χ1v) is 11.5. The Balaban J connectivity index is 1.70. The minimum atomic E-state index is -3.10. The molecule has 0 amide bonds. The van der Waals surface area contributed by atoms with E-state index >= 15 is 0 Å². The van der Waals surface area contributed by atoms with E-state index in [1.54, 1.807) is 39.1 Å². The Labute approximate surface area is 162 Å². The van der Waals surface area contributed by atoms with Crippen LogP contribution in [0.25, 0.3) is 10.9 Å². The minimum Gasteiger partial charge on any atom is -0.256 e. The van der Waals surface area contributed by atoms with Crippen LogP contribution in [0, 0.1) is 17.7 Å². The Kier molecular flexibility index (Phi) is 5.62. The third-order valence-corrected chi connectivity index (χ3v) is 9.00. The van der Waals surface area contributed by atoms with E-state index in [1.165, 1.54) is 11.6 Å². The molecule has 0 aliphatic heterocycles. The topological polar surface area (TPSA) is 47.0 Å². The maximum atomic E-state index is 13.7. The van der Waals surface area contributed by atoms with Crippen LogP contribution in [0.1, 0.15) is 64.9 Å². The van der Waals surface area contributed by atoms with Crippen LogP contribution < -0.4 is 0 Å². The van der Waals surface area contributed by atoms with Crippen molar-refractivity contribution in [2.45, 2.75) is 64.0 Å². The number of hydrogen-bond donors (Lipinski definition) is 0. The summed E-state index contributed by atoms with van der Waals surface area (Å²) >= 11 is 0. The van der Waals surface area contributed by atoms with E-state index in [9.17, 15) is 12.8 Å². The summed E-state index contributed by atoms with van der Waals surface area (Å²) in [7, 11) is -3.10. The smallest absolute Gasteiger partial charge is 0.155 e. The van der Waals surface area contributed by atoms with Crippen LogP contribution in [0.4, 0.5) is 4.39 Å². The average Bonchev–Trinajstić information content (AvgIpc) is 2.60. The van der Waals surface area contributed by atoms with Crippen LogP contribution in [-0.2, 0) is 9.84 Å². The summed E-state index contributed by atoms with van der Waals surface area (Å²) in [5.74, 6) is 1.02. The lowest BCUT2D eigenvalue weighted by atomic mass is 9.74. The first kappa shape index (κ1) is 20.2. The molecule has 0 saturated heterocycles. The van der Waals surface area contributed by atoms with Crippen molar-refractivity contribution >= 4 is 20.7 Å². The summed E-state index contributed by atoms with van der Waals surface area (Å²) in [5.41, 5.74) is 2.01. The monoisotopic (exact) mass is 391 g/mol. The average molecular weight is 392 g/mol. The van der Waals surface area contributed by atoms with Crippen molar-refractivity contribution in [1.82, 2.24) is 4.98 Å². The zero-order valence-electron chi connectivity index (χ0n) is 16.7. The Bertz CT molecular complexity index is 910. The van der Waals surface area contributed by atoms with E-state index in [1.807, 2.05) is 6.07 Å². The predicted octanol–water partition coefficient (Wildman–Crippen LogP) is 5.50. The number of rotatable bonds is 4. The number of aromatic nitrogens is 1. The van der Waals surface area contributed by atoms with Gasteiger partial charge < -0.3 is 0 Å². The van der Waals surface area contributed by atoms with Gasteiger partial charge in [-0.3, -0.25) is 4.98 Å². The molecule has 1 aliphatic carbocycles. The lowest BCUT2D eigenvalue weighted by Gasteiger charge is -2.34. The number of pyridine rings is 1. The van der Waals surface area contributed by atoms with Crippen LogP contribution in [0.15, 0.2) is 30.5 Å². The number of halogens is 1. The van der Waals surface area contributed by atoms with Crippen molar-refractivity contribution in [3.63, 3.8) is 0 Å². The molecule has 1 aromatic heterocycles. The Morgan fingerprint density at radius 2 is 1.81 bits per heavy atom. The quantitative estimate of drug-likeness (QED) is 0.692. The van der Waals surface area contributed by atoms with Gasteiger partial charge in [-0.2, -0.15) is 0 Å². The molecule has 1 saturated carbocycles. The fourth-order valence-electron chi connectivity index (χ4n) is 4.23. The Morgan fingerprint density at radius 1 is 1.15 bits per heavy atom. The van der Waals surface area contributed by atoms with Gasteiger partial charge in [-0.05, 0) is 94.0 Å². The summed E-state index contributed by atoms with van der Waals surface area (Å²) in [5, 5.41) is 0.907. The number of benzene rings is 1. The van der Waals surface area contributed by atoms with Crippen molar-refractivity contribution in [2.75, 3.05) is 5.75 Å². The highest BCUT2D eigenvalue weighted by Crippen LogP contribution is 2.41. The highest BCUT2D eigenvalue weighted by Gasteiger charge is 2.34. The first-order chi connectivity index (χ1) is 12.6. The summed E-state index contributed by atoms with van der Waals surface area (Å²) in [6.45, 7) is 7.41. The fourth-order valence-corrected chi connectivity index (χ4v) is 5.69. The third-order valence-electron chi connectivity index (χ3n) is 6.17. The second kappa shape index (κ2) is 7.50. The van der Waals surface area contributed by atoms with E-state index in [-0.39, 0.29) is 17.5 Å². The van der Waals surface area contributed by atoms with Crippen LogP contribution in [0.2, 0.25) is 0 Å². The molecule has 0 bridgehead atoms. The standard InChI is InChI=1S/C22H30FNO2S/c1-15(14-27(25,26)22(2,3)4)16-5-7-17(8-6-16)19-11-12-24-21-10-9-18(23)13-20(19)21/h9-13,15-17H,5-8,14H2,1-4H3/t15-,16?,17?/m0/s1. The van der Waals surface area contributed by atoms with Crippen molar-refractivity contribution in [2.24, 2.45) is 11.8 Å². The van der Waals surface area contributed by atoms with Gasteiger partial charge in [0.2, 0.25) is 0 Å². The largest absolute Gasteiger partial charge is 0.256 e. The molecule has 27 heavy (non-hydrogen) atoms. The highest BCUT2D eigenvalue weighted by atomic mass is 32.2. The number of fused-ring (bicyclic) bond motifs is 1. The lowest BCUT2D eigenvalue weighted by Crippen LogP contribution is -2.35. The van der Waals surface area contributed by atoms with Gasteiger partial charge in [0, 0.05) is 11.6 Å². The van der Waals surface area contributed by atoms with E-state index in [2.05, 4.69) is 11.9 Å². The zero-order valence-corrected chi connectivity index (χ0v) is 17.5. The Morgan fingerprint density at radius 3 is 2.44 bits per heavy atom. The molecule has 3 rings (SSSR count). The molecule has 1 aromatic carbocycles. The summed E-state index contributed by atoms with van der Waals surface area (Å²) in [4.78, 5) is 4.35. The molecule has 1 atom stereocenters. The van der Waals surface area contributed by atoms with Crippen LogP contribution in [0.5, 0.6) is 0 Å². The van der Waals surface area contributed by atoms with Gasteiger partial charge in [-0.15, -0.1) is 0 Å². The maximum Gasteiger partial charge on any atom is 0.155 e. The molecule has 5 heteroatoms. The summed E-state index contributed by atoms with van der Waals surface area (Å²) in [6.07, 6.45) is 5.87. The van der Waals surface area contributed by atoms with Crippen LogP contribution in [0.3, 0.4) is 0 Å². The van der Waals surface area contributed by atoms with Gasteiger partial charge in [-0.25, -0.2) is 12.8 Å². The first-order valence-electron chi connectivity index (χ1n) is 9.85. The molecule has 0 unspecified atom stereocenters. The molecule has 148 valence electrons. The normalized spacial score (nSPS) is 22.7. The molecule has 1 heterocycles. The van der Waals surface area contributed by atoms with E-state index < -0.39 is 14.6 Å². The number of hydrogen-bond acceptors (Lipinski definition) is 3. The molecule has 0 radical (unpaired) electrons. The van der Waals surface area contributed by atoms with Gasteiger partial charge in [0.25, 0.3) is 0 Å². The van der Waals surface area contributed by atoms with E-state index in [0.717, 1.165) is 36.6 Å². The molecule has 0 N–H and O–H groups in total. The van der Waals surface area contributed by atoms with E-state index in [0.29, 0.717) is 11.8 Å². The van der Waals surface area contributed by atoms with Gasteiger partial charge in [0.15, 0.2) is 9.84 Å². The fraction of sp³-hybridized carbons (Fsp3) is 0.591. The molecule has 1 aliphatic rings. The minimum absolute atomic E-state index is 0.168. The van der Waals surface area contributed by atoms with Crippen LogP contribution >= 0.6 is 0 Å². The maximum absolute atomic E-state index is 13.7. The number of sulfone groups is 1. The zero-order chi connectivity index (χ0) is 19.8. The highest BCUT2D eigenvalue weighted by molar-refractivity contribution is 7.92. The number of nitrogens with zero attached hydrogens (tertiary/aromatic N) is 1. The molecular formula is C22H30FNO2S. The second-order valence-corrected chi connectivity index (χ2v) is 11.8. The van der Waals surface area contributed by atoms with Crippen molar-refractivity contribution in [3.8, 4) is 0 Å². The SMILES string of the molecule is C[C@@H](CS(=O)(=O)C(C)(C)C)C1CCC(c2ccnc3ccc(F)cc23)CC1. The lowest BCUT2D eigenvalue weighted by molar-refractivity contribution is 0.260. The molecule has 0 spiro atoms. The molecule has 3 nitrogen and oxygen atoms in total. The van der Waals surface area contributed by atoms with Crippen molar-refractivity contribution in [3.05, 3.63) is 41.8 Å². The summed E-state index contributed by atoms with van der Waals surface area (Å²) in [6, 6.07) is 6.79. The van der Waals surface area contributed by atoms with Gasteiger partial charge >= 0.3 is 0 Å². The van der Waals surface area contributed by atoms with Gasteiger partial charge in [-0.1, -0.05) is 6.92 Å². The van der Waals surface area contributed by atoms with Gasteiger partial charge in [0.1, 0.15) is 5.82 Å². The van der Waals surface area contributed by atoms with Crippen molar-refractivity contribution in [1.29, 1.82) is 0 Å². The Hall–Kier alpha value is -1.49. The third kappa shape index (κ3) is 4.34. The van der Waals surface area contributed by atoms with Crippen LogP contribution in [-0.4, -0.2) is 23.9 Å². The van der Waals surface area contributed by atoms with E-state index in [4.69, 9.17) is 0 Å². The predicted molar refractivity (Wildman–Crippen MR) is 109 cm³/mol. The molecule has 1 fully saturated rings. The summed E-state index contributed by atoms with van der Waals surface area (Å²) < 4.78 is 38.1. The van der Waals surface area contributed by atoms with Crippen molar-refractivity contribution < 1.29 is 12.8 Å². The van der Waals surface area contributed by atoms with Gasteiger partial charge in [0.05, 0.1) is 16.0 Å². The molecular weight excluding hydrogens is 361 g/mol. The molecule has 2 aromatic rings. The second-order valence-electron chi connectivity index (χ2n) is 9.04.